The van der Waals surface area contributed by atoms with Gasteiger partial charge in [0.1, 0.15) is 11.9 Å². The van der Waals surface area contributed by atoms with Crippen molar-refractivity contribution in [1.82, 2.24) is 0 Å². The topological polar surface area (TPSA) is 44.5 Å². The minimum atomic E-state index is 0.260. The zero-order chi connectivity index (χ0) is 13.0. The first-order chi connectivity index (χ1) is 8.72. The van der Waals surface area contributed by atoms with Gasteiger partial charge in [-0.25, -0.2) is 0 Å². The molecule has 1 aromatic rings. The summed E-state index contributed by atoms with van der Waals surface area (Å²) in [6, 6.07) is 6.22. The molecule has 3 nitrogen and oxygen atoms in total. The quantitative estimate of drug-likeness (QED) is 0.892. The summed E-state index contributed by atoms with van der Waals surface area (Å²) in [6.07, 6.45) is 5.01. The van der Waals surface area contributed by atoms with E-state index in [1.165, 1.54) is 12.0 Å². The van der Waals surface area contributed by atoms with Gasteiger partial charge in [-0.05, 0) is 37.8 Å². The molecule has 2 atom stereocenters. The van der Waals surface area contributed by atoms with Crippen LogP contribution in [-0.4, -0.2) is 19.3 Å². The lowest BCUT2D eigenvalue weighted by Crippen LogP contribution is -2.29. The highest BCUT2D eigenvalue weighted by molar-refractivity contribution is 5.37. The van der Waals surface area contributed by atoms with Gasteiger partial charge in [0, 0.05) is 25.6 Å². The fourth-order valence-corrected chi connectivity index (χ4v) is 2.54. The number of methoxy groups -OCH3 is 1. The van der Waals surface area contributed by atoms with Crippen LogP contribution in [0, 0.1) is 6.92 Å². The highest BCUT2D eigenvalue weighted by Crippen LogP contribution is 2.28. The number of hydrogen-bond acceptors (Lipinski definition) is 3. The molecule has 3 heteroatoms. The first-order valence-electron chi connectivity index (χ1n) is 6.72. The Morgan fingerprint density at radius 1 is 1.28 bits per heavy atom. The number of rotatable bonds is 4. The predicted octanol–water partition coefficient (Wildman–Crippen LogP) is 2.79. The molecule has 1 fully saturated rings. The number of nitrogens with two attached hydrogens (primary N) is 1. The molecule has 0 radical (unpaired) electrons. The number of benzene rings is 1. The van der Waals surface area contributed by atoms with Gasteiger partial charge < -0.3 is 15.2 Å². The molecule has 1 aromatic carbocycles. The normalized spacial score (nSPS) is 23.9. The zero-order valence-electron chi connectivity index (χ0n) is 11.3. The van der Waals surface area contributed by atoms with Crippen molar-refractivity contribution >= 4 is 0 Å². The number of aryl methyl sites for hydroxylation is 1. The van der Waals surface area contributed by atoms with Crippen LogP contribution in [0.25, 0.3) is 0 Å². The molecule has 0 heterocycles. The van der Waals surface area contributed by atoms with Gasteiger partial charge in [0.05, 0.1) is 6.10 Å². The van der Waals surface area contributed by atoms with E-state index in [4.69, 9.17) is 15.2 Å². The molecule has 2 unspecified atom stereocenters. The Morgan fingerprint density at radius 2 is 2.06 bits per heavy atom. The SMILES string of the molecule is COC1CCCC(Oc2cc(C)ccc2CN)C1. The van der Waals surface area contributed by atoms with Gasteiger partial charge in [-0.15, -0.1) is 0 Å². The van der Waals surface area contributed by atoms with Crippen molar-refractivity contribution in [1.29, 1.82) is 0 Å². The minimum absolute atomic E-state index is 0.260. The summed E-state index contributed by atoms with van der Waals surface area (Å²) in [5.74, 6) is 0.944. The van der Waals surface area contributed by atoms with E-state index in [-0.39, 0.29) is 6.10 Å². The molecule has 0 spiro atoms. The highest BCUT2D eigenvalue weighted by atomic mass is 16.5. The van der Waals surface area contributed by atoms with Crippen LogP contribution in [0.15, 0.2) is 18.2 Å². The largest absolute Gasteiger partial charge is 0.490 e. The van der Waals surface area contributed by atoms with Gasteiger partial charge in [-0.1, -0.05) is 12.1 Å². The third kappa shape index (κ3) is 3.24. The molecule has 0 saturated heterocycles. The Kier molecular flexibility index (Phi) is 4.61. The second-order valence-electron chi connectivity index (χ2n) is 5.08. The second-order valence-corrected chi connectivity index (χ2v) is 5.08. The monoisotopic (exact) mass is 249 g/mol. The first-order valence-corrected chi connectivity index (χ1v) is 6.72. The smallest absolute Gasteiger partial charge is 0.124 e. The molecule has 1 saturated carbocycles. The van der Waals surface area contributed by atoms with Crippen LogP contribution in [0.2, 0.25) is 0 Å². The zero-order valence-corrected chi connectivity index (χ0v) is 11.3. The summed E-state index contributed by atoms with van der Waals surface area (Å²) >= 11 is 0. The van der Waals surface area contributed by atoms with E-state index in [0.29, 0.717) is 12.6 Å². The van der Waals surface area contributed by atoms with Crippen LogP contribution < -0.4 is 10.5 Å². The lowest BCUT2D eigenvalue weighted by atomic mass is 9.95. The lowest BCUT2D eigenvalue weighted by Gasteiger charge is -2.29. The van der Waals surface area contributed by atoms with E-state index in [0.717, 1.165) is 30.6 Å². The van der Waals surface area contributed by atoms with Crippen molar-refractivity contribution in [2.24, 2.45) is 5.73 Å². The van der Waals surface area contributed by atoms with Gasteiger partial charge in [0.25, 0.3) is 0 Å². The predicted molar refractivity (Wildman–Crippen MR) is 72.8 cm³/mol. The minimum Gasteiger partial charge on any atom is -0.490 e. The van der Waals surface area contributed by atoms with E-state index in [2.05, 4.69) is 25.1 Å². The molecule has 2 rings (SSSR count). The van der Waals surface area contributed by atoms with Crippen LogP contribution >= 0.6 is 0 Å². The molecule has 1 aliphatic rings. The molecular formula is C15H23NO2. The van der Waals surface area contributed by atoms with E-state index in [1.807, 2.05) is 0 Å². The summed E-state index contributed by atoms with van der Waals surface area (Å²) in [5.41, 5.74) is 8.05. The summed E-state index contributed by atoms with van der Waals surface area (Å²) in [4.78, 5) is 0. The maximum atomic E-state index is 6.13. The van der Waals surface area contributed by atoms with Crippen molar-refractivity contribution in [3.8, 4) is 5.75 Å². The van der Waals surface area contributed by atoms with E-state index in [1.54, 1.807) is 7.11 Å². The van der Waals surface area contributed by atoms with Crippen molar-refractivity contribution in [3.63, 3.8) is 0 Å². The molecule has 1 aliphatic carbocycles. The van der Waals surface area contributed by atoms with Crippen LogP contribution in [-0.2, 0) is 11.3 Å². The van der Waals surface area contributed by atoms with Crippen LogP contribution in [0.1, 0.15) is 36.8 Å². The third-order valence-electron chi connectivity index (χ3n) is 3.65. The molecular weight excluding hydrogens is 226 g/mol. The third-order valence-corrected chi connectivity index (χ3v) is 3.65. The first kappa shape index (κ1) is 13.4. The molecule has 18 heavy (non-hydrogen) atoms. The van der Waals surface area contributed by atoms with Crippen molar-refractivity contribution in [2.45, 2.75) is 51.4 Å². The Labute approximate surface area is 109 Å². The molecule has 2 N–H and O–H groups in total. The Morgan fingerprint density at radius 3 is 2.78 bits per heavy atom. The molecule has 0 aromatic heterocycles. The number of hydrogen-bond donors (Lipinski definition) is 1. The van der Waals surface area contributed by atoms with Gasteiger partial charge in [-0.2, -0.15) is 0 Å². The molecule has 0 aliphatic heterocycles. The van der Waals surface area contributed by atoms with Gasteiger partial charge in [-0.3, -0.25) is 0 Å². The Hall–Kier alpha value is -1.06. The molecule has 0 bridgehead atoms. The van der Waals surface area contributed by atoms with Crippen LogP contribution in [0.5, 0.6) is 5.75 Å². The molecule has 100 valence electrons. The fraction of sp³-hybridized carbons (Fsp3) is 0.600. The Bertz CT molecular complexity index is 392. The summed E-state index contributed by atoms with van der Waals surface area (Å²) in [6.45, 7) is 2.60. The maximum absolute atomic E-state index is 6.13. The van der Waals surface area contributed by atoms with Crippen molar-refractivity contribution < 1.29 is 9.47 Å². The van der Waals surface area contributed by atoms with Crippen molar-refractivity contribution in [2.75, 3.05) is 7.11 Å². The average molecular weight is 249 g/mol. The van der Waals surface area contributed by atoms with Gasteiger partial charge in [0.15, 0.2) is 0 Å². The van der Waals surface area contributed by atoms with E-state index in [9.17, 15) is 0 Å². The maximum Gasteiger partial charge on any atom is 0.124 e. The van der Waals surface area contributed by atoms with Crippen LogP contribution in [0.4, 0.5) is 0 Å². The number of ether oxygens (including phenoxy) is 2. The summed E-state index contributed by atoms with van der Waals surface area (Å²) in [5, 5.41) is 0. The second kappa shape index (κ2) is 6.21. The van der Waals surface area contributed by atoms with E-state index < -0.39 is 0 Å². The summed E-state index contributed by atoms with van der Waals surface area (Å²) in [7, 11) is 1.78. The highest BCUT2D eigenvalue weighted by Gasteiger charge is 2.23. The van der Waals surface area contributed by atoms with Gasteiger partial charge in [0.2, 0.25) is 0 Å². The molecule has 0 amide bonds. The van der Waals surface area contributed by atoms with Gasteiger partial charge >= 0.3 is 0 Å². The van der Waals surface area contributed by atoms with E-state index >= 15 is 0 Å². The van der Waals surface area contributed by atoms with Crippen molar-refractivity contribution in [3.05, 3.63) is 29.3 Å². The van der Waals surface area contributed by atoms with Crippen LogP contribution in [0.3, 0.4) is 0 Å². The average Bonchev–Trinajstić information content (AvgIpc) is 2.39. The fourth-order valence-electron chi connectivity index (χ4n) is 2.54. The lowest BCUT2D eigenvalue weighted by molar-refractivity contribution is 0.0206. The summed E-state index contributed by atoms with van der Waals surface area (Å²) < 4.78 is 11.6. The standard InChI is InChI=1S/C15H23NO2/c1-11-6-7-12(10-16)15(8-11)18-14-5-3-4-13(9-14)17-2/h6-8,13-14H,3-5,9-10,16H2,1-2H3. The Balaban J connectivity index is 2.06.